The second-order valence-electron chi connectivity index (χ2n) is 7.51. The molecule has 0 amide bonds. The van der Waals surface area contributed by atoms with E-state index in [2.05, 4.69) is 11.5 Å². The highest BCUT2D eigenvalue weighted by Gasteiger charge is 2.41. The highest BCUT2D eigenvalue weighted by molar-refractivity contribution is 5.89. The van der Waals surface area contributed by atoms with Gasteiger partial charge in [0, 0.05) is 11.1 Å². The second-order valence-corrected chi connectivity index (χ2v) is 7.51. The number of methoxy groups -OCH3 is 2. The van der Waals surface area contributed by atoms with Crippen molar-refractivity contribution < 1.29 is 23.4 Å². The Balaban J connectivity index is 1.56. The minimum atomic E-state index is -0.496. The van der Waals surface area contributed by atoms with Gasteiger partial charge in [0.15, 0.2) is 17.7 Å². The third-order valence-corrected chi connectivity index (χ3v) is 5.68. The number of rotatable bonds is 4. The molecule has 3 aromatic carbocycles. The van der Waals surface area contributed by atoms with Crippen molar-refractivity contribution in [2.24, 2.45) is 0 Å². The first-order chi connectivity index (χ1) is 15.6. The van der Waals surface area contributed by atoms with Gasteiger partial charge < -0.3 is 19.6 Å². The van der Waals surface area contributed by atoms with Crippen LogP contribution in [0, 0.1) is 5.82 Å². The molecule has 0 spiro atoms. The third-order valence-electron chi connectivity index (χ3n) is 5.68. The fourth-order valence-corrected chi connectivity index (χ4v) is 4.07. The maximum atomic E-state index is 13.4. The van der Waals surface area contributed by atoms with E-state index in [1.807, 2.05) is 35.3 Å². The zero-order valence-electron chi connectivity index (χ0n) is 17.5. The van der Waals surface area contributed by atoms with Gasteiger partial charge >= 0.3 is 5.97 Å². The van der Waals surface area contributed by atoms with Gasteiger partial charge in [-0.05, 0) is 54.1 Å². The quantitative estimate of drug-likeness (QED) is 0.608. The van der Waals surface area contributed by atoms with Crippen LogP contribution in [-0.4, -0.2) is 25.2 Å². The van der Waals surface area contributed by atoms with E-state index < -0.39 is 12.2 Å². The SMILES string of the molecule is COC(=O)c1ccc(C2Oc3c(OC)cccc3C3C=C(c4ccc(F)cc4)NN32)cc1. The van der Waals surface area contributed by atoms with E-state index in [0.717, 1.165) is 22.4 Å². The molecule has 0 aromatic heterocycles. The number of halogens is 1. The standard InChI is InChI=1S/C25H21FN2O4/c1-30-22-5-3-4-19-21-14-20(15-10-12-18(26)13-11-15)27-28(21)24(32-23(19)22)16-6-8-17(9-7-16)25(29)31-2/h3-14,21,24,27H,1-2H3. The Kier molecular flexibility index (Phi) is 5.03. The van der Waals surface area contributed by atoms with Gasteiger partial charge in [0.2, 0.25) is 0 Å². The number of para-hydroxylation sites is 1. The molecular formula is C25H21FN2O4. The normalized spacial score (nSPS) is 19.2. The number of nitrogens with zero attached hydrogens (tertiary/aromatic N) is 1. The van der Waals surface area contributed by atoms with Crippen LogP contribution in [0.3, 0.4) is 0 Å². The zero-order chi connectivity index (χ0) is 22.2. The summed E-state index contributed by atoms with van der Waals surface area (Å²) >= 11 is 0. The summed E-state index contributed by atoms with van der Waals surface area (Å²) < 4.78 is 30.2. The number of ether oxygens (including phenoxy) is 3. The highest BCUT2D eigenvalue weighted by atomic mass is 19.1. The molecule has 7 heteroatoms. The van der Waals surface area contributed by atoms with E-state index in [0.29, 0.717) is 17.1 Å². The molecule has 0 aliphatic carbocycles. The molecule has 0 fully saturated rings. The molecule has 2 atom stereocenters. The van der Waals surface area contributed by atoms with Gasteiger partial charge in [-0.1, -0.05) is 24.3 Å². The third kappa shape index (κ3) is 3.36. The molecule has 2 heterocycles. The van der Waals surface area contributed by atoms with E-state index in [4.69, 9.17) is 14.2 Å². The lowest BCUT2D eigenvalue weighted by Crippen LogP contribution is -2.43. The molecule has 5 rings (SSSR count). The summed E-state index contributed by atoms with van der Waals surface area (Å²) in [6.07, 6.45) is 1.59. The van der Waals surface area contributed by atoms with Crippen LogP contribution in [0.25, 0.3) is 5.70 Å². The molecule has 2 aliphatic heterocycles. The molecule has 0 saturated heterocycles. The summed E-state index contributed by atoms with van der Waals surface area (Å²) in [6.45, 7) is 0. The van der Waals surface area contributed by atoms with Gasteiger partial charge in [-0.25, -0.2) is 9.18 Å². The van der Waals surface area contributed by atoms with Crippen LogP contribution in [0.4, 0.5) is 4.39 Å². The van der Waals surface area contributed by atoms with Gasteiger partial charge in [-0.3, -0.25) is 0 Å². The number of nitrogens with one attached hydrogen (secondary N) is 1. The number of fused-ring (bicyclic) bond motifs is 3. The predicted octanol–water partition coefficient (Wildman–Crippen LogP) is 4.61. The number of hydrazine groups is 1. The summed E-state index contributed by atoms with van der Waals surface area (Å²) in [5.41, 5.74) is 7.40. The molecular weight excluding hydrogens is 411 g/mol. The molecule has 162 valence electrons. The minimum Gasteiger partial charge on any atom is -0.493 e. The largest absolute Gasteiger partial charge is 0.493 e. The Morgan fingerprint density at radius 2 is 1.78 bits per heavy atom. The predicted molar refractivity (Wildman–Crippen MR) is 116 cm³/mol. The van der Waals surface area contributed by atoms with Gasteiger partial charge in [0.05, 0.1) is 31.5 Å². The van der Waals surface area contributed by atoms with Crippen molar-refractivity contribution in [3.8, 4) is 11.5 Å². The van der Waals surface area contributed by atoms with Crippen LogP contribution in [0.5, 0.6) is 11.5 Å². The lowest BCUT2D eigenvalue weighted by atomic mass is 10.00. The monoisotopic (exact) mass is 432 g/mol. The summed E-state index contributed by atoms with van der Waals surface area (Å²) in [7, 11) is 2.96. The van der Waals surface area contributed by atoms with Gasteiger partial charge in [0.25, 0.3) is 0 Å². The maximum absolute atomic E-state index is 13.4. The van der Waals surface area contributed by atoms with E-state index >= 15 is 0 Å². The van der Waals surface area contributed by atoms with Crippen molar-refractivity contribution in [1.82, 2.24) is 10.4 Å². The van der Waals surface area contributed by atoms with Crippen LogP contribution >= 0.6 is 0 Å². The van der Waals surface area contributed by atoms with Crippen LogP contribution in [0.1, 0.15) is 39.3 Å². The molecule has 1 N–H and O–H groups in total. The lowest BCUT2D eigenvalue weighted by molar-refractivity contribution is -0.0343. The van der Waals surface area contributed by atoms with E-state index in [9.17, 15) is 9.18 Å². The van der Waals surface area contributed by atoms with E-state index in [1.54, 1.807) is 31.4 Å². The van der Waals surface area contributed by atoms with Crippen molar-refractivity contribution in [1.29, 1.82) is 0 Å². The Morgan fingerprint density at radius 3 is 2.47 bits per heavy atom. The van der Waals surface area contributed by atoms with E-state index in [1.165, 1.54) is 19.2 Å². The number of hydrogen-bond acceptors (Lipinski definition) is 6. The van der Waals surface area contributed by atoms with Gasteiger partial charge in [0.1, 0.15) is 5.82 Å². The molecule has 6 nitrogen and oxygen atoms in total. The summed E-state index contributed by atoms with van der Waals surface area (Å²) in [6, 6.07) is 19.1. The highest BCUT2D eigenvalue weighted by Crippen LogP contribution is 2.49. The summed E-state index contributed by atoms with van der Waals surface area (Å²) in [5.74, 6) is 0.622. The number of esters is 1. The molecule has 3 aromatic rings. The smallest absolute Gasteiger partial charge is 0.337 e. The molecule has 0 saturated carbocycles. The second kappa shape index (κ2) is 8.01. The van der Waals surface area contributed by atoms with Crippen LogP contribution in [-0.2, 0) is 4.74 Å². The first-order valence-corrected chi connectivity index (χ1v) is 10.1. The van der Waals surface area contributed by atoms with Crippen LogP contribution < -0.4 is 14.9 Å². The van der Waals surface area contributed by atoms with Crippen LogP contribution in [0.15, 0.2) is 72.8 Å². The number of hydrogen-bond donors (Lipinski definition) is 1. The van der Waals surface area contributed by atoms with Crippen molar-refractivity contribution in [3.63, 3.8) is 0 Å². The Hall–Kier alpha value is -3.84. The average molecular weight is 432 g/mol. The molecule has 0 radical (unpaired) electrons. The van der Waals surface area contributed by atoms with Crippen molar-refractivity contribution in [2.75, 3.05) is 14.2 Å². The zero-order valence-corrected chi connectivity index (χ0v) is 17.5. The summed E-state index contributed by atoms with van der Waals surface area (Å²) in [5, 5.41) is 1.99. The number of benzene rings is 3. The fourth-order valence-electron chi connectivity index (χ4n) is 4.07. The Bertz CT molecular complexity index is 1190. The van der Waals surface area contributed by atoms with Crippen LogP contribution in [0.2, 0.25) is 0 Å². The first kappa shape index (κ1) is 20.1. The Labute approximate surface area is 184 Å². The maximum Gasteiger partial charge on any atom is 0.337 e. The first-order valence-electron chi connectivity index (χ1n) is 10.1. The van der Waals surface area contributed by atoms with Crippen molar-refractivity contribution >= 4 is 11.7 Å². The lowest BCUT2D eigenvalue weighted by Gasteiger charge is -2.39. The van der Waals surface area contributed by atoms with Crippen molar-refractivity contribution in [3.05, 3.63) is 101 Å². The molecule has 2 unspecified atom stereocenters. The van der Waals surface area contributed by atoms with Gasteiger partial charge in [-0.2, -0.15) is 5.01 Å². The van der Waals surface area contributed by atoms with E-state index in [-0.39, 0.29) is 11.9 Å². The Morgan fingerprint density at radius 1 is 1.03 bits per heavy atom. The number of carbonyl (C=O) groups is 1. The molecule has 2 aliphatic rings. The fraction of sp³-hybridized carbons (Fsp3) is 0.160. The van der Waals surface area contributed by atoms with Crippen molar-refractivity contribution in [2.45, 2.75) is 12.3 Å². The summed E-state index contributed by atoms with van der Waals surface area (Å²) in [4.78, 5) is 11.8. The topological polar surface area (TPSA) is 60.0 Å². The number of carbonyl (C=O) groups excluding carboxylic acids is 1. The minimum absolute atomic E-state index is 0.140. The van der Waals surface area contributed by atoms with Gasteiger partial charge in [-0.15, -0.1) is 0 Å². The molecule has 32 heavy (non-hydrogen) atoms. The average Bonchev–Trinajstić information content (AvgIpc) is 3.29. The molecule has 0 bridgehead atoms.